The van der Waals surface area contributed by atoms with E-state index in [4.69, 9.17) is 0 Å². The van der Waals surface area contributed by atoms with Gasteiger partial charge in [0.05, 0.1) is 5.56 Å². The third kappa shape index (κ3) is 3.12. The van der Waals surface area contributed by atoms with Crippen LogP contribution in [0.1, 0.15) is 21.5 Å². The molecule has 0 aliphatic carbocycles. The highest BCUT2D eigenvalue weighted by Gasteiger charge is 2.08. The molecule has 2 rings (SSSR count). The van der Waals surface area contributed by atoms with Crippen molar-refractivity contribution in [2.75, 3.05) is 11.6 Å². The summed E-state index contributed by atoms with van der Waals surface area (Å²) in [4.78, 5) is 19.4. The summed E-state index contributed by atoms with van der Waals surface area (Å²) in [6.07, 6.45) is 4.20. The van der Waals surface area contributed by atoms with Crippen molar-refractivity contribution in [3.63, 3.8) is 0 Å². The number of anilines is 2. The third-order valence-electron chi connectivity index (χ3n) is 2.74. The monoisotopic (exact) mass is 273 g/mol. The fraction of sp³-hybridized carbons (Fsp3) is 0.214. The van der Waals surface area contributed by atoms with Gasteiger partial charge in [-0.25, -0.2) is 9.97 Å². The highest BCUT2D eigenvalue weighted by Crippen LogP contribution is 2.23. The van der Waals surface area contributed by atoms with Crippen LogP contribution in [-0.4, -0.2) is 22.5 Å². The zero-order valence-corrected chi connectivity index (χ0v) is 11.9. The first kappa shape index (κ1) is 13.5. The van der Waals surface area contributed by atoms with E-state index in [0.29, 0.717) is 16.5 Å². The smallest absolute Gasteiger partial charge is 0.189 e. The van der Waals surface area contributed by atoms with Crippen molar-refractivity contribution in [3.8, 4) is 0 Å². The molecule has 0 spiro atoms. The molecule has 0 saturated carbocycles. The standard InChI is InChI=1S/C14H15N3OS/c1-9-4-5-12(10(2)6-9)16-13-11(8-18)7-15-14(17-13)19-3/h4-8H,1-3H3,(H,15,16,17). The summed E-state index contributed by atoms with van der Waals surface area (Å²) in [7, 11) is 0. The van der Waals surface area contributed by atoms with E-state index < -0.39 is 0 Å². The first-order valence-electron chi connectivity index (χ1n) is 5.84. The van der Waals surface area contributed by atoms with Crippen LogP contribution < -0.4 is 5.32 Å². The Morgan fingerprint density at radius 3 is 2.74 bits per heavy atom. The van der Waals surface area contributed by atoms with Crippen LogP contribution in [0.5, 0.6) is 0 Å². The minimum absolute atomic E-state index is 0.456. The van der Waals surface area contributed by atoms with E-state index in [1.54, 1.807) is 0 Å². The molecular weight excluding hydrogens is 258 g/mol. The molecule has 0 unspecified atom stereocenters. The lowest BCUT2D eigenvalue weighted by atomic mass is 10.1. The minimum Gasteiger partial charge on any atom is -0.339 e. The van der Waals surface area contributed by atoms with E-state index in [9.17, 15) is 4.79 Å². The van der Waals surface area contributed by atoms with Crippen LogP contribution in [0.4, 0.5) is 11.5 Å². The maximum Gasteiger partial charge on any atom is 0.189 e. The molecule has 19 heavy (non-hydrogen) atoms. The number of thioether (sulfide) groups is 1. The van der Waals surface area contributed by atoms with Gasteiger partial charge in [-0.2, -0.15) is 0 Å². The topological polar surface area (TPSA) is 54.9 Å². The second-order valence-corrected chi connectivity index (χ2v) is 5.00. The SMILES string of the molecule is CSc1ncc(C=O)c(Nc2ccc(C)cc2C)n1. The van der Waals surface area contributed by atoms with E-state index in [-0.39, 0.29) is 0 Å². The lowest BCUT2D eigenvalue weighted by molar-refractivity contribution is 0.112. The molecule has 0 atom stereocenters. The third-order valence-corrected chi connectivity index (χ3v) is 3.30. The van der Waals surface area contributed by atoms with Crippen molar-refractivity contribution < 1.29 is 4.79 Å². The molecule has 1 heterocycles. The van der Waals surface area contributed by atoms with Crippen LogP contribution in [0.25, 0.3) is 0 Å². The number of benzene rings is 1. The minimum atomic E-state index is 0.456. The van der Waals surface area contributed by atoms with Gasteiger partial charge in [0, 0.05) is 11.9 Å². The zero-order valence-electron chi connectivity index (χ0n) is 11.1. The highest BCUT2D eigenvalue weighted by atomic mass is 32.2. The molecular formula is C14H15N3OS. The molecule has 98 valence electrons. The average Bonchev–Trinajstić information content (AvgIpc) is 2.41. The van der Waals surface area contributed by atoms with E-state index in [0.717, 1.165) is 17.5 Å². The van der Waals surface area contributed by atoms with E-state index in [1.807, 2.05) is 32.2 Å². The Morgan fingerprint density at radius 1 is 1.32 bits per heavy atom. The lowest BCUT2D eigenvalue weighted by Crippen LogP contribution is -2.02. The van der Waals surface area contributed by atoms with E-state index in [2.05, 4.69) is 21.4 Å². The van der Waals surface area contributed by atoms with Crippen molar-refractivity contribution in [1.82, 2.24) is 9.97 Å². The molecule has 1 aromatic heterocycles. The average molecular weight is 273 g/mol. The van der Waals surface area contributed by atoms with Crippen LogP contribution in [0, 0.1) is 13.8 Å². The van der Waals surface area contributed by atoms with Crippen LogP contribution in [0.3, 0.4) is 0 Å². The Bertz CT molecular complexity index is 614. The van der Waals surface area contributed by atoms with Gasteiger partial charge >= 0.3 is 0 Å². The summed E-state index contributed by atoms with van der Waals surface area (Å²) in [6, 6.07) is 6.09. The van der Waals surface area contributed by atoms with Gasteiger partial charge in [-0.15, -0.1) is 0 Å². The Kier molecular flexibility index (Phi) is 4.16. The number of aryl methyl sites for hydroxylation is 2. The van der Waals surface area contributed by atoms with Gasteiger partial charge in [-0.1, -0.05) is 29.5 Å². The van der Waals surface area contributed by atoms with Crippen molar-refractivity contribution in [2.24, 2.45) is 0 Å². The molecule has 0 bridgehead atoms. The Hall–Kier alpha value is -1.88. The lowest BCUT2D eigenvalue weighted by Gasteiger charge is -2.11. The fourth-order valence-electron chi connectivity index (χ4n) is 1.74. The molecule has 5 heteroatoms. The van der Waals surface area contributed by atoms with E-state index >= 15 is 0 Å². The predicted octanol–water partition coefficient (Wildman–Crippen LogP) is 3.37. The first-order chi connectivity index (χ1) is 9.13. The summed E-state index contributed by atoms with van der Waals surface area (Å²) in [5, 5.41) is 3.83. The molecule has 2 aromatic rings. The number of aromatic nitrogens is 2. The fourth-order valence-corrected chi connectivity index (χ4v) is 2.08. The molecule has 0 amide bonds. The summed E-state index contributed by atoms with van der Waals surface area (Å²) in [5.41, 5.74) is 3.71. The molecule has 0 saturated heterocycles. The first-order valence-corrected chi connectivity index (χ1v) is 7.07. The molecule has 0 aliphatic heterocycles. The van der Waals surface area contributed by atoms with Crippen molar-refractivity contribution in [1.29, 1.82) is 0 Å². The van der Waals surface area contributed by atoms with Crippen LogP contribution in [0.2, 0.25) is 0 Å². The number of carbonyl (C=O) groups is 1. The number of hydrogen-bond acceptors (Lipinski definition) is 5. The molecule has 1 aromatic carbocycles. The summed E-state index contributed by atoms with van der Waals surface area (Å²) in [5.74, 6) is 0.543. The van der Waals surface area contributed by atoms with Gasteiger partial charge in [0.15, 0.2) is 11.4 Å². The number of nitrogens with one attached hydrogen (secondary N) is 1. The van der Waals surface area contributed by atoms with Gasteiger partial charge in [-0.05, 0) is 31.7 Å². The predicted molar refractivity (Wildman–Crippen MR) is 78.4 cm³/mol. The number of nitrogens with zero attached hydrogens (tertiary/aromatic N) is 2. The normalized spacial score (nSPS) is 10.3. The number of rotatable bonds is 4. The Labute approximate surface area is 116 Å². The Balaban J connectivity index is 2.38. The van der Waals surface area contributed by atoms with Crippen molar-refractivity contribution in [3.05, 3.63) is 41.1 Å². The highest BCUT2D eigenvalue weighted by molar-refractivity contribution is 7.98. The van der Waals surface area contributed by atoms with Crippen LogP contribution >= 0.6 is 11.8 Å². The number of carbonyl (C=O) groups excluding carboxylic acids is 1. The van der Waals surface area contributed by atoms with E-state index in [1.165, 1.54) is 23.5 Å². The van der Waals surface area contributed by atoms with Gasteiger partial charge in [0.1, 0.15) is 5.82 Å². The molecule has 1 N–H and O–H groups in total. The maximum absolute atomic E-state index is 11.0. The zero-order chi connectivity index (χ0) is 13.8. The number of hydrogen-bond donors (Lipinski definition) is 1. The molecule has 0 fully saturated rings. The number of aldehydes is 1. The van der Waals surface area contributed by atoms with Gasteiger partial charge in [0.25, 0.3) is 0 Å². The summed E-state index contributed by atoms with van der Waals surface area (Å²) < 4.78 is 0. The maximum atomic E-state index is 11.0. The summed E-state index contributed by atoms with van der Waals surface area (Å²) in [6.45, 7) is 4.07. The Morgan fingerprint density at radius 2 is 2.11 bits per heavy atom. The second kappa shape index (κ2) is 5.84. The quantitative estimate of drug-likeness (QED) is 0.526. The van der Waals surface area contributed by atoms with Crippen LogP contribution in [-0.2, 0) is 0 Å². The largest absolute Gasteiger partial charge is 0.339 e. The second-order valence-electron chi connectivity index (χ2n) is 4.22. The van der Waals surface area contributed by atoms with Gasteiger partial charge in [-0.3, -0.25) is 4.79 Å². The molecule has 4 nitrogen and oxygen atoms in total. The van der Waals surface area contributed by atoms with Crippen LogP contribution in [0.15, 0.2) is 29.6 Å². The van der Waals surface area contributed by atoms with Gasteiger partial charge in [0.2, 0.25) is 0 Å². The molecule has 0 aliphatic rings. The van der Waals surface area contributed by atoms with Crippen molar-refractivity contribution in [2.45, 2.75) is 19.0 Å². The van der Waals surface area contributed by atoms with Crippen molar-refractivity contribution >= 4 is 29.6 Å². The van der Waals surface area contributed by atoms with Gasteiger partial charge < -0.3 is 5.32 Å². The summed E-state index contributed by atoms with van der Waals surface area (Å²) >= 11 is 1.44. The molecule has 0 radical (unpaired) electrons.